The van der Waals surface area contributed by atoms with Crippen molar-refractivity contribution in [3.63, 3.8) is 0 Å². The summed E-state index contributed by atoms with van der Waals surface area (Å²) in [5, 5.41) is 7.91. The molecule has 1 rings (SSSR count). The maximum absolute atomic E-state index is 5.11. The Hall–Kier alpha value is -0.650. The van der Waals surface area contributed by atoms with Crippen molar-refractivity contribution in [2.75, 3.05) is 20.3 Å². The number of rotatable bonds is 9. The molecule has 1 heterocycles. The van der Waals surface area contributed by atoms with Crippen LogP contribution in [0.25, 0.3) is 0 Å². The van der Waals surface area contributed by atoms with E-state index in [2.05, 4.69) is 39.8 Å². The van der Waals surface area contributed by atoms with Crippen LogP contribution in [0.3, 0.4) is 0 Å². The lowest BCUT2D eigenvalue weighted by Crippen LogP contribution is -2.25. The predicted octanol–water partition coefficient (Wildman–Crippen LogP) is 2.91. The highest BCUT2D eigenvalue weighted by atomic mass is 79.9. The van der Waals surface area contributed by atoms with Crippen LogP contribution in [0.1, 0.15) is 31.5 Å². The fraction of sp³-hybridized carbons (Fsp3) is 0.615. The van der Waals surface area contributed by atoms with Crippen molar-refractivity contribution in [3.8, 4) is 0 Å². The second-order valence-electron chi connectivity index (χ2n) is 4.12. The molecule has 1 atom stereocenters. The lowest BCUT2D eigenvalue weighted by molar-refractivity contribution is 0.181. The zero-order valence-corrected chi connectivity index (χ0v) is 12.7. The van der Waals surface area contributed by atoms with E-state index in [4.69, 9.17) is 4.74 Å². The topological polar surface area (TPSA) is 39.1 Å². The Morgan fingerprint density at radius 1 is 1.67 bits per heavy atom. The van der Waals surface area contributed by atoms with Gasteiger partial charge in [0.1, 0.15) is 0 Å². The smallest absolute Gasteiger partial charge is 0.0699 e. The van der Waals surface area contributed by atoms with Gasteiger partial charge >= 0.3 is 0 Å². The molecule has 0 aliphatic rings. The first kappa shape index (κ1) is 15.4. The molecule has 1 N–H and O–H groups in total. The third-order valence-corrected chi connectivity index (χ3v) is 3.32. The molecule has 0 saturated carbocycles. The molecule has 0 aliphatic carbocycles. The van der Waals surface area contributed by atoms with Crippen molar-refractivity contribution in [3.05, 3.63) is 29.0 Å². The van der Waals surface area contributed by atoms with Crippen LogP contribution in [0.2, 0.25) is 0 Å². The summed E-state index contributed by atoms with van der Waals surface area (Å²) >= 11 is 3.57. The molecule has 0 spiro atoms. The van der Waals surface area contributed by atoms with E-state index in [9.17, 15) is 0 Å². The van der Waals surface area contributed by atoms with Crippen molar-refractivity contribution >= 4 is 15.9 Å². The van der Waals surface area contributed by atoms with E-state index in [0.29, 0.717) is 6.61 Å². The molecule has 4 nitrogen and oxygen atoms in total. The Kier molecular flexibility index (Phi) is 7.23. The Bertz CT molecular complexity index is 365. The van der Waals surface area contributed by atoms with Gasteiger partial charge in [-0.1, -0.05) is 13.0 Å². The second kappa shape index (κ2) is 8.45. The molecule has 0 bridgehead atoms. The lowest BCUT2D eigenvalue weighted by Gasteiger charge is -2.19. The largest absolute Gasteiger partial charge is 0.383 e. The van der Waals surface area contributed by atoms with Gasteiger partial charge in [0.05, 0.1) is 35.6 Å². The van der Waals surface area contributed by atoms with Gasteiger partial charge in [0, 0.05) is 7.11 Å². The number of aromatic nitrogens is 2. The van der Waals surface area contributed by atoms with Gasteiger partial charge in [0.25, 0.3) is 0 Å². The van der Waals surface area contributed by atoms with Crippen LogP contribution in [-0.4, -0.2) is 30.0 Å². The predicted molar refractivity (Wildman–Crippen MR) is 77.7 cm³/mol. The van der Waals surface area contributed by atoms with Crippen LogP contribution in [0.15, 0.2) is 23.3 Å². The number of ether oxygens (including phenoxy) is 1. The highest BCUT2D eigenvalue weighted by Gasteiger charge is 2.18. The Labute approximate surface area is 118 Å². The number of nitrogens with zero attached hydrogens (tertiary/aromatic N) is 2. The van der Waals surface area contributed by atoms with Crippen LogP contribution in [0.4, 0.5) is 0 Å². The second-order valence-corrected chi connectivity index (χ2v) is 4.98. The maximum Gasteiger partial charge on any atom is 0.0699 e. The van der Waals surface area contributed by atoms with Crippen LogP contribution >= 0.6 is 15.9 Å². The first-order valence-electron chi connectivity index (χ1n) is 6.29. The van der Waals surface area contributed by atoms with Gasteiger partial charge in [-0.2, -0.15) is 5.10 Å². The summed E-state index contributed by atoms with van der Waals surface area (Å²) in [7, 11) is 1.70. The summed E-state index contributed by atoms with van der Waals surface area (Å²) in [6.45, 7) is 8.40. The van der Waals surface area contributed by atoms with Gasteiger partial charge < -0.3 is 10.1 Å². The van der Waals surface area contributed by atoms with Crippen molar-refractivity contribution in [1.29, 1.82) is 0 Å². The Morgan fingerprint density at radius 3 is 3.06 bits per heavy atom. The van der Waals surface area contributed by atoms with Crippen molar-refractivity contribution in [1.82, 2.24) is 15.1 Å². The minimum Gasteiger partial charge on any atom is -0.383 e. The quantitative estimate of drug-likeness (QED) is 0.712. The first-order valence-corrected chi connectivity index (χ1v) is 7.08. The van der Waals surface area contributed by atoms with E-state index in [1.54, 1.807) is 7.11 Å². The molecule has 5 heteroatoms. The number of hydrogen-bond acceptors (Lipinski definition) is 3. The summed E-state index contributed by atoms with van der Waals surface area (Å²) in [5.41, 5.74) is 1.17. The summed E-state index contributed by atoms with van der Waals surface area (Å²) < 4.78 is 8.14. The van der Waals surface area contributed by atoms with E-state index >= 15 is 0 Å². The van der Waals surface area contributed by atoms with Gasteiger partial charge in [-0.15, -0.1) is 6.58 Å². The van der Waals surface area contributed by atoms with Crippen LogP contribution in [-0.2, 0) is 11.3 Å². The summed E-state index contributed by atoms with van der Waals surface area (Å²) in [4.78, 5) is 0. The van der Waals surface area contributed by atoms with Gasteiger partial charge in [-0.05, 0) is 35.3 Å². The van der Waals surface area contributed by atoms with Gasteiger partial charge in [-0.3, -0.25) is 4.68 Å². The third-order valence-electron chi connectivity index (χ3n) is 2.71. The zero-order valence-electron chi connectivity index (χ0n) is 11.2. The number of nitrogens with one attached hydrogen (secondary N) is 1. The molecular formula is C13H22BrN3O. The minimum absolute atomic E-state index is 0.246. The molecule has 0 aromatic carbocycles. The average Bonchev–Trinajstić information content (AvgIpc) is 2.73. The molecule has 1 unspecified atom stereocenters. The van der Waals surface area contributed by atoms with Crippen LogP contribution in [0, 0.1) is 0 Å². The molecule has 0 saturated heterocycles. The number of hydrogen-bond donors (Lipinski definition) is 1. The molecule has 0 amide bonds. The van der Waals surface area contributed by atoms with Crippen LogP contribution in [0.5, 0.6) is 0 Å². The SMILES string of the molecule is C=CCC(NCCC)c1c(Br)cnn1CCOC. The number of methoxy groups -OCH3 is 1. The highest BCUT2D eigenvalue weighted by Crippen LogP contribution is 2.25. The van der Waals surface area contributed by atoms with E-state index in [1.165, 1.54) is 5.69 Å². The van der Waals surface area contributed by atoms with E-state index in [-0.39, 0.29) is 6.04 Å². The minimum atomic E-state index is 0.246. The first-order chi connectivity index (χ1) is 8.74. The maximum atomic E-state index is 5.11. The molecular weight excluding hydrogens is 294 g/mol. The fourth-order valence-electron chi connectivity index (χ4n) is 1.85. The van der Waals surface area contributed by atoms with Crippen LogP contribution < -0.4 is 5.32 Å². The van der Waals surface area contributed by atoms with E-state index in [0.717, 1.165) is 30.4 Å². The van der Waals surface area contributed by atoms with Crippen molar-refractivity contribution < 1.29 is 4.74 Å². The van der Waals surface area contributed by atoms with Gasteiger partial charge in [-0.25, -0.2) is 0 Å². The highest BCUT2D eigenvalue weighted by molar-refractivity contribution is 9.10. The Balaban J connectivity index is 2.86. The van der Waals surface area contributed by atoms with E-state index < -0.39 is 0 Å². The molecule has 102 valence electrons. The molecule has 0 aliphatic heterocycles. The molecule has 18 heavy (non-hydrogen) atoms. The normalized spacial score (nSPS) is 12.6. The zero-order chi connectivity index (χ0) is 13.4. The summed E-state index contributed by atoms with van der Waals surface area (Å²) in [6, 6.07) is 0.246. The van der Waals surface area contributed by atoms with Gasteiger partial charge in [0.15, 0.2) is 0 Å². The standard InChI is InChI=1S/C13H22BrN3O/c1-4-6-12(15-7-5-2)13-11(14)10-16-17(13)8-9-18-3/h4,10,12,15H,1,5-9H2,2-3H3. The molecule has 0 fully saturated rings. The van der Waals surface area contributed by atoms with Crippen molar-refractivity contribution in [2.24, 2.45) is 0 Å². The van der Waals surface area contributed by atoms with E-state index in [1.807, 2.05) is 17.0 Å². The third kappa shape index (κ3) is 4.23. The number of halogens is 1. The summed E-state index contributed by atoms with van der Waals surface area (Å²) in [6.07, 6.45) is 5.77. The lowest BCUT2D eigenvalue weighted by atomic mass is 10.1. The van der Waals surface area contributed by atoms with Crippen molar-refractivity contribution in [2.45, 2.75) is 32.4 Å². The molecule has 0 radical (unpaired) electrons. The molecule has 1 aromatic rings. The Morgan fingerprint density at radius 2 is 2.44 bits per heavy atom. The molecule has 1 aromatic heterocycles. The summed E-state index contributed by atoms with van der Waals surface area (Å²) in [5.74, 6) is 0. The monoisotopic (exact) mass is 315 g/mol. The average molecular weight is 316 g/mol. The fourth-order valence-corrected chi connectivity index (χ4v) is 2.42. The van der Waals surface area contributed by atoms with Gasteiger partial charge in [0.2, 0.25) is 0 Å².